The Morgan fingerprint density at radius 3 is 2.78 bits per heavy atom. The van der Waals surface area contributed by atoms with Gasteiger partial charge in [0.05, 0.1) is 30.9 Å². The molecule has 0 aliphatic heterocycles. The van der Waals surface area contributed by atoms with Crippen molar-refractivity contribution in [1.29, 1.82) is 5.26 Å². The summed E-state index contributed by atoms with van der Waals surface area (Å²) in [5.74, 6) is 0. The molecule has 1 aromatic heterocycles. The molecule has 0 amide bonds. The first kappa shape index (κ1) is 12.3. The van der Waals surface area contributed by atoms with Crippen LogP contribution in [-0.4, -0.2) is 16.8 Å². The normalized spacial score (nSPS) is 10.2. The Kier molecular flexibility index (Phi) is 4.11. The first-order chi connectivity index (χ1) is 8.86. The molecule has 1 aromatic carbocycles. The van der Waals surface area contributed by atoms with Gasteiger partial charge in [0, 0.05) is 17.7 Å². The number of nitriles is 1. The highest BCUT2D eigenvalue weighted by atomic mass is 15.3. The molecule has 4 nitrogen and oxygen atoms in total. The molecule has 92 valence electrons. The third-order valence-corrected chi connectivity index (χ3v) is 2.77. The molecule has 0 saturated carbocycles. The summed E-state index contributed by atoms with van der Waals surface area (Å²) in [5, 5.41) is 16.2. The molecule has 1 heterocycles. The Hall–Kier alpha value is -2.12. The molecule has 0 unspecified atom stereocenters. The zero-order valence-corrected chi connectivity index (χ0v) is 10.4. The van der Waals surface area contributed by atoms with E-state index in [4.69, 9.17) is 5.26 Å². The number of hydrogen-bond donors (Lipinski definition) is 1. The molecule has 2 rings (SSSR count). The highest BCUT2D eigenvalue weighted by Gasteiger charge is 2.11. The molecule has 0 spiro atoms. The van der Waals surface area contributed by atoms with Crippen LogP contribution in [0.5, 0.6) is 0 Å². The van der Waals surface area contributed by atoms with Gasteiger partial charge < -0.3 is 5.32 Å². The first-order valence-electron chi connectivity index (χ1n) is 5.98. The largest absolute Gasteiger partial charge is 0.316 e. The van der Waals surface area contributed by atoms with Crippen LogP contribution in [0.1, 0.15) is 12.0 Å². The van der Waals surface area contributed by atoms with Crippen molar-refractivity contribution < 1.29 is 0 Å². The molecular formula is C14H16N4. The van der Waals surface area contributed by atoms with E-state index in [2.05, 4.69) is 28.6 Å². The number of nitrogens with zero attached hydrogens (tertiary/aromatic N) is 3. The number of hydrogen-bond acceptors (Lipinski definition) is 3. The van der Waals surface area contributed by atoms with Crippen molar-refractivity contribution in [2.75, 3.05) is 7.05 Å². The second-order valence-electron chi connectivity index (χ2n) is 4.05. The van der Waals surface area contributed by atoms with E-state index in [1.54, 1.807) is 0 Å². The lowest BCUT2D eigenvalue weighted by Crippen LogP contribution is -2.07. The number of aryl methyl sites for hydroxylation is 1. The molecule has 1 N–H and O–H groups in total. The summed E-state index contributed by atoms with van der Waals surface area (Å²) in [6.07, 6.45) is 2.34. The van der Waals surface area contributed by atoms with Crippen molar-refractivity contribution in [1.82, 2.24) is 15.1 Å². The third kappa shape index (κ3) is 2.58. The van der Waals surface area contributed by atoms with Gasteiger partial charge in [-0.05, 0) is 7.05 Å². The minimum absolute atomic E-state index is 0.473. The van der Waals surface area contributed by atoms with Crippen molar-refractivity contribution in [3.8, 4) is 17.3 Å². The minimum atomic E-state index is 0.473. The highest BCUT2D eigenvalue weighted by molar-refractivity contribution is 5.63. The van der Waals surface area contributed by atoms with Gasteiger partial charge in [-0.2, -0.15) is 10.4 Å². The first-order valence-corrected chi connectivity index (χ1v) is 5.98. The van der Waals surface area contributed by atoms with Crippen LogP contribution < -0.4 is 5.32 Å². The van der Waals surface area contributed by atoms with Gasteiger partial charge in [-0.3, -0.25) is 4.68 Å². The predicted molar refractivity (Wildman–Crippen MR) is 70.7 cm³/mol. The predicted octanol–water partition coefficient (Wildman–Crippen LogP) is 2.18. The van der Waals surface area contributed by atoms with E-state index in [0.29, 0.717) is 13.0 Å². The van der Waals surface area contributed by atoms with Crippen LogP contribution in [0.3, 0.4) is 0 Å². The Morgan fingerprint density at radius 2 is 2.11 bits per heavy atom. The van der Waals surface area contributed by atoms with Gasteiger partial charge in [-0.15, -0.1) is 0 Å². The second kappa shape index (κ2) is 5.99. The van der Waals surface area contributed by atoms with Gasteiger partial charge in [0.1, 0.15) is 0 Å². The fourth-order valence-electron chi connectivity index (χ4n) is 2.00. The zero-order chi connectivity index (χ0) is 12.8. The molecule has 0 bridgehead atoms. The van der Waals surface area contributed by atoms with Crippen molar-refractivity contribution in [2.45, 2.75) is 19.5 Å². The molecule has 0 saturated heterocycles. The summed E-state index contributed by atoms with van der Waals surface area (Å²) in [7, 11) is 1.92. The van der Waals surface area contributed by atoms with E-state index in [1.807, 2.05) is 36.1 Å². The summed E-state index contributed by atoms with van der Waals surface area (Å²) in [5.41, 5.74) is 3.39. The van der Waals surface area contributed by atoms with Gasteiger partial charge in [0.2, 0.25) is 0 Å². The summed E-state index contributed by atoms with van der Waals surface area (Å²) >= 11 is 0. The van der Waals surface area contributed by atoms with Gasteiger partial charge in [0.15, 0.2) is 0 Å². The Bertz CT molecular complexity index is 537. The molecule has 0 aliphatic carbocycles. The van der Waals surface area contributed by atoms with E-state index in [-0.39, 0.29) is 0 Å². The Morgan fingerprint density at radius 1 is 1.33 bits per heavy atom. The van der Waals surface area contributed by atoms with Crippen LogP contribution in [0.2, 0.25) is 0 Å². The van der Waals surface area contributed by atoms with Gasteiger partial charge >= 0.3 is 0 Å². The SMILES string of the molecule is CNCc1cnn(CCC#N)c1-c1ccccc1. The number of rotatable bonds is 5. The van der Waals surface area contributed by atoms with Gasteiger partial charge in [-0.25, -0.2) is 0 Å². The van der Waals surface area contributed by atoms with Crippen molar-refractivity contribution in [2.24, 2.45) is 0 Å². The lowest BCUT2D eigenvalue weighted by atomic mass is 10.1. The lowest BCUT2D eigenvalue weighted by Gasteiger charge is -2.08. The summed E-state index contributed by atoms with van der Waals surface area (Å²) in [6, 6.07) is 12.3. The van der Waals surface area contributed by atoms with E-state index >= 15 is 0 Å². The van der Waals surface area contributed by atoms with E-state index in [0.717, 1.165) is 23.4 Å². The number of aromatic nitrogens is 2. The quantitative estimate of drug-likeness (QED) is 0.871. The van der Waals surface area contributed by atoms with Crippen LogP contribution in [0.4, 0.5) is 0 Å². The molecule has 2 aromatic rings. The summed E-state index contributed by atoms with van der Waals surface area (Å²) in [6.45, 7) is 1.40. The van der Waals surface area contributed by atoms with Crippen LogP contribution in [-0.2, 0) is 13.1 Å². The van der Waals surface area contributed by atoms with E-state index in [9.17, 15) is 0 Å². The van der Waals surface area contributed by atoms with Gasteiger partial charge in [-0.1, -0.05) is 30.3 Å². The zero-order valence-electron chi connectivity index (χ0n) is 10.4. The molecule has 0 aliphatic rings. The second-order valence-corrected chi connectivity index (χ2v) is 4.05. The Balaban J connectivity index is 2.41. The topological polar surface area (TPSA) is 53.6 Å². The standard InChI is InChI=1S/C14H16N4/c1-16-10-13-11-17-18(9-5-8-15)14(13)12-6-3-2-4-7-12/h2-4,6-7,11,16H,5,9-10H2,1H3. The van der Waals surface area contributed by atoms with Crippen LogP contribution in [0.15, 0.2) is 36.5 Å². The van der Waals surface area contributed by atoms with Crippen molar-refractivity contribution in [3.63, 3.8) is 0 Å². The minimum Gasteiger partial charge on any atom is -0.316 e. The maximum absolute atomic E-state index is 8.70. The maximum Gasteiger partial charge on any atom is 0.0727 e. The number of nitrogens with one attached hydrogen (secondary N) is 1. The Labute approximate surface area is 107 Å². The smallest absolute Gasteiger partial charge is 0.0727 e. The molecular weight excluding hydrogens is 224 g/mol. The lowest BCUT2D eigenvalue weighted by molar-refractivity contribution is 0.633. The maximum atomic E-state index is 8.70. The fraction of sp³-hybridized carbons (Fsp3) is 0.286. The fourth-order valence-corrected chi connectivity index (χ4v) is 2.00. The third-order valence-electron chi connectivity index (χ3n) is 2.77. The summed E-state index contributed by atoms with van der Waals surface area (Å²) in [4.78, 5) is 0. The summed E-state index contributed by atoms with van der Waals surface area (Å²) < 4.78 is 1.91. The average Bonchev–Trinajstić information content (AvgIpc) is 2.81. The van der Waals surface area contributed by atoms with E-state index < -0.39 is 0 Å². The molecule has 0 atom stereocenters. The molecule has 0 fully saturated rings. The highest BCUT2D eigenvalue weighted by Crippen LogP contribution is 2.23. The molecule has 0 radical (unpaired) electrons. The van der Waals surface area contributed by atoms with Crippen molar-refractivity contribution >= 4 is 0 Å². The van der Waals surface area contributed by atoms with E-state index in [1.165, 1.54) is 0 Å². The molecule has 4 heteroatoms. The van der Waals surface area contributed by atoms with Crippen LogP contribution >= 0.6 is 0 Å². The van der Waals surface area contributed by atoms with Crippen LogP contribution in [0, 0.1) is 11.3 Å². The van der Waals surface area contributed by atoms with Gasteiger partial charge in [0.25, 0.3) is 0 Å². The monoisotopic (exact) mass is 240 g/mol. The van der Waals surface area contributed by atoms with Crippen molar-refractivity contribution in [3.05, 3.63) is 42.1 Å². The number of benzene rings is 1. The average molecular weight is 240 g/mol. The van der Waals surface area contributed by atoms with Crippen LogP contribution in [0.25, 0.3) is 11.3 Å². The molecule has 18 heavy (non-hydrogen) atoms.